The zero-order valence-electron chi connectivity index (χ0n) is 16.9. The van der Waals surface area contributed by atoms with Gasteiger partial charge in [0.25, 0.3) is 0 Å². The van der Waals surface area contributed by atoms with Crippen LogP contribution in [-0.4, -0.2) is 44.6 Å². The van der Waals surface area contributed by atoms with E-state index in [4.69, 9.17) is 15.0 Å². The Morgan fingerprint density at radius 3 is 2.33 bits per heavy atom. The normalized spacial score (nSPS) is 17.9. The number of hydrogen-bond donors (Lipinski definition) is 3. The molecule has 0 aliphatic carbocycles. The first-order valence-electron chi connectivity index (χ1n) is 9.58. The summed E-state index contributed by atoms with van der Waals surface area (Å²) in [5, 5.41) is 10.7. The summed E-state index contributed by atoms with van der Waals surface area (Å²) in [6.45, 7) is 0.339. The molecule has 2 aromatic carbocycles. The lowest BCUT2D eigenvalue weighted by atomic mass is 10.0. The third-order valence-corrected chi connectivity index (χ3v) is 4.94. The summed E-state index contributed by atoms with van der Waals surface area (Å²) in [5.41, 5.74) is 5.27. The summed E-state index contributed by atoms with van der Waals surface area (Å²) in [6, 6.07) is 15.1. The van der Waals surface area contributed by atoms with E-state index < -0.39 is 0 Å². The van der Waals surface area contributed by atoms with Crippen LogP contribution in [0.3, 0.4) is 0 Å². The Balaban J connectivity index is 1.53. The van der Waals surface area contributed by atoms with Crippen LogP contribution in [0.4, 0.5) is 0 Å². The van der Waals surface area contributed by atoms with Crippen molar-refractivity contribution in [3.63, 3.8) is 0 Å². The Labute approximate surface area is 175 Å². The van der Waals surface area contributed by atoms with Gasteiger partial charge in [0.05, 0.1) is 32.6 Å². The Kier molecular flexibility index (Phi) is 7.03. The molecule has 1 aliphatic rings. The number of benzene rings is 2. The molecule has 8 nitrogen and oxygen atoms in total. The van der Waals surface area contributed by atoms with Crippen molar-refractivity contribution in [2.24, 2.45) is 5.92 Å². The van der Waals surface area contributed by atoms with E-state index in [-0.39, 0.29) is 36.1 Å². The molecular formula is C22H25N3O5. The highest BCUT2D eigenvalue weighted by Gasteiger charge is 2.34. The average Bonchev–Trinajstić information content (AvgIpc) is 3.12. The second kappa shape index (κ2) is 9.89. The number of carbonyl (C=O) groups excluding carboxylic acids is 2. The Morgan fingerprint density at radius 1 is 1.10 bits per heavy atom. The van der Waals surface area contributed by atoms with Gasteiger partial charge in [-0.2, -0.15) is 0 Å². The summed E-state index contributed by atoms with van der Waals surface area (Å²) in [4.78, 5) is 28.1. The smallest absolute Gasteiger partial charge is 0.306 e. The Morgan fingerprint density at radius 2 is 1.73 bits per heavy atom. The van der Waals surface area contributed by atoms with E-state index >= 15 is 0 Å². The molecule has 2 aromatic rings. The van der Waals surface area contributed by atoms with Crippen LogP contribution < -0.4 is 15.5 Å². The van der Waals surface area contributed by atoms with Gasteiger partial charge in [-0.15, -0.1) is 0 Å². The first kappa shape index (κ1) is 21.3. The van der Waals surface area contributed by atoms with Crippen molar-refractivity contribution >= 4 is 17.7 Å². The molecule has 1 fully saturated rings. The summed E-state index contributed by atoms with van der Waals surface area (Å²) >= 11 is 0. The largest absolute Gasteiger partial charge is 0.491 e. The van der Waals surface area contributed by atoms with Gasteiger partial charge in [-0.05, 0) is 29.7 Å². The van der Waals surface area contributed by atoms with Crippen LogP contribution in [-0.2, 0) is 19.2 Å². The van der Waals surface area contributed by atoms with E-state index in [0.29, 0.717) is 18.8 Å². The maximum absolute atomic E-state index is 12.0. The van der Waals surface area contributed by atoms with Gasteiger partial charge in [0.15, 0.2) is 0 Å². The zero-order valence-corrected chi connectivity index (χ0v) is 16.9. The number of esters is 1. The van der Waals surface area contributed by atoms with Gasteiger partial charge in [0.2, 0.25) is 5.91 Å². The molecule has 0 bridgehead atoms. The van der Waals surface area contributed by atoms with E-state index in [9.17, 15) is 9.59 Å². The van der Waals surface area contributed by atoms with Crippen molar-refractivity contribution in [1.29, 1.82) is 5.41 Å². The molecule has 158 valence electrons. The number of amides is 1. The molecule has 0 spiro atoms. The minimum absolute atomic E-state index is 0.0906. The fourth-order valence-corrected chi connectivity index (χ4v) is 3.33. The standard InChI is InChI=1S/C22H25N3O5/c1-28-20(26)12-17-11-18(24-22(17)27)13-30-19-9-7-15(8-10-19)14-3-5-16(6-4-14)21(23)25-29-2/h3-10,17-18H,11-13H2,1-2H3,(H2,23,25)(H,24,27)/t17-,18-/m0/s1. The minimum atomic E-state index is -0.382. The summed E-state index contributed by atoms with van der Waals surface area (Å²) in [5.74, 6) is 0.0124. The number of rotatable bonds is 8. The lowest BCUT2D eigenvalue weighted by Gasteiger charge is -2.12. The highest BCUT2D eigenvalue weighted by Crippen LogP contribution is 2.24. The molecule has 1 aliphatic heterocycles. The molecule has 1 saturated heterocycles. The van der Waals surface area contributed by atoms with Crippen molar-refractivity contribution in [1.82, 2.24) is 10.8 Å². The van der Waals surface area contributed by atoms with Crippen molar-refractivity contribution in [3.05, 3.63) is 54.1 Å². The van der Waals surface area contributed by atoms with Crippen LogP contribution in [0, 0.1) is 11.3 Å². The van der Waals surface area contributed by atoms with Crippen LogP contribution in [0.25, 0.3) is 11.1 Å². The second-order valence-electron chi connectivity index (χ2n) is 7.01. The summed E-state index contributed by atoms with van der Waals surface area (Å²) in [7, 11) is 2.78. The lowest BCUT2D eigenvalue weighted by molar-refractivity contribution is -0.143. The van der Waals surface area contributed by atoms with Crippen LogP contribution in [0.2, 0.25) is 0 Å². The quantitative estimate of drug-likeness (QED) is 0.266. The number of hydroxylamine groups is 1. The van der Waals surface area contributed by atoms with Crippen LogP contribution in [0.5, 0.6) is 5.75 Å². The second-order valence-corrected chi connectivity index (χ2v) is 7.01. The van der Waals surface area contributed by atoms with E-state index in [0.717, 1.165) is 16.7 Å². The third-order valence-electron chi connectivity index (χ3n) is 4.94. The molecule has 3 rings (SSSR count). The third kappa shape index (κ3) is 5.36. The summed E-state index contributed by atoms with van der Waals surface area (Å²) < 4.78 is 10.4. The number of hydrogen-bond acceptors (Lipinski definition) is 6. The Bertz CT molecular complexity index is 896. The van der Waals surface area contributed by atoms with Crippen LogP contribution in [0.15, 0.2) is 48.5 Å². The summed E-state index contributed by atoms with van der Waals surface area (Å²) in [6.07, 6.45) is 0.638. The van der Waals surface area contributed by atoms with E-state index in [1.807, 2.05) is 48.5 Å². The number of methoxy groups -OCH3 is 1. The topological polar surface area (TPSA) is 110 Å². The molecule has 0 aromatic heterocycles. The van der Waals surface area contributed by atoms with Gasteiger partial charge in [0, 0.05) is 5.56 Å². The van der Waals surface area contributed by atoms with E-state index in [1.165, 1.54) is 14.2 Å². The molecule has 0 radical (unpaired) electrons. The Hall–Kier alpha value is -3.39. The highest BCUT2D eigenvalue weighted by atomic mass is 16.6. The number of ether oxygens (including phenoxy) is 2. The van der Waals surface area contributed by atoms with Gasteiger partial charge in [0.1, 0.15) is 18.2 Å². The van der Waals surface area contributed by atoms with Crippen molar-refractivity contribution in [2.45, 2.75) is 18.9 Å². The molecule has 3 N–H and O–H groups in total. The highest BCUT2D eigenvalue weighted by molar-refractivity contribution is 5.96. The van der Waals surface area contributed by atoms with E-state index in [2.05, 4.69) is 15.5 Å². The molecular weight excluding hydrogens is 386 g/mol. The molecule has 0 saturated carbocycles. The minimum Gasteiger partial charge on any atom is -0.491 e. The molecule has 8 heteroatoms. The van der Waals surface area contributed by atoms with Crippen molar-refractivity contribution < 1.29 is 23.9 Å². The molecule has 30 heavy (non-hydrogen) atoms. The maximum atomic E-state index is 12.0. The fraction of sp³-hybridized carbons (Fsp3) is 0.318. The first-order chi connectivity index (χ1) is 14.5. The van der Waals surface area contributed by atoms with Crippen molar-refractivity contribution in [2.75, 3.05) is 20.8 Å². The number of nitrogens with one attached hydrogen (secondary N) is 3. The SMILES string of the molecule is CONC(=N)c1ccc(-c2ccc(OC[C@@H]3C[C@@H](CC(=O)OC)C(=O)N3)cc2)cc1. The van der Waals surface area contributed by atoms with Gasteiger partial charge >= 0.3 is 5.97 Å². The average molecular weight is 411 g/mol. The molecule has 2 atom stereocenters. The lowest BCUT2D eigenvalue weighted by Crippen LogP contribution is -2.31. The molecule has 0 unspecified atom stereocenters. The van der Waals surface area contributed by atoms with Gasteiger partial charge in [-0.1, -0.05) is 36.4 Å². The number of amidine groups is 1. The van der Waals surface area contributed by atoms with E-state index in [1.54, 1.807) is 0 Å². The number of carbonyl (C=O) groups is 2. The molecule has 1 amide bonds. The van der Waals surface area contributed by atoms with Gasteiger partial charge in [-0.3, -0.25) is 19.8 Å². The predicted molar refractivity (Wildman–Crippen MR) is 111 cm³/mol. The maximum Gasteiger partial charge on any atom is 0.306 e. The fourth-order valence-electron chi connectivity index (χ4n) is 3.33. The van der Waals surface area contributed by atoms with Gasteiger partial charge in [-0.25, -0.2) is 5.48 Å². The van der Waals surface area contributed by atoms with Crippen LogP contribution in [0.1, 0.15) is 18.4 Å². The van der Waals surface area contributed by atoms with Gasteiger partial charge < -0.3 is 14.8 Å². The predicted octanol–water partition coefficient (Wildman–Crippen LogP) is 2.28. The monoisotopic (exact) mass is 411 g/mol. The zero-order chi connectivity index (χ0) is 21.5. The van der Waals surface area contributed by atoms with Crippen molar-refractivity contribution in [3.8, 4) is 16.9 Å². The van der Waals surface area contributed by atoms with Crippen LogP contribution >= 0.6 is 0 Å². The first-order valence-corrected chi connectivity index (χ1v) is 9.58. The molecule has 1 heterocycles.